The fourth-order valence-electron chi connectivity index (χ4n) is 10.2. The Hall–Kier alpha value is -1.97. The van der Waals surface area contributed by atoms with Crippen LogP contribution in [0.5, 0.6) is 23.0 Å². The molecule has 4 aliphatic carbocycles. The second kappa shape index (κ2) is 10.3. The maximum atomic E-state index is 10.3. The van der Waals surface area contributed by atoms with Crippen LogP contribution in [-0.2, 0) is 17.0 Å². The molecule has 2 aromatic carbocycles. The number of benzene rings is 2. The summed E-state index contributed by atoms with van der Waals surface area (Å²) >= 11 is 0. The molecule has 41 heavy (non-hydrogen) atoms. The molecule has 0 heterocycles. The fraction of sp³-hybridized carbons (Fsp3) is 0.647. The lowest BCUT2D eigenvalue weighted by Crippen LogP contribution is -2.56. The maximum absolute atomic E-state index is 10.3. The number of rotatable bonds is 10. The summed E-state index contributed by atoms with van der Waals surface area (Å²) in [5.41, 5.74) is 1.90. The van der Waals surface area contributed by atoms with Gasteiger partial charge in [-0.1, -0.05) is 12.1 Å². The zero-order valence-electron chi connectivity index (χ0n) is 25.5. The molecular weight excluding hydrogens is 545 g/mol. The number of phenolic OH excluding ortho intramolecular Hbond substituents is 4. The topological polar surface area (TPSA) is 90.2 Å². The van der Waals surface area contributed by atoms with Crippen LogP contribution in [0.1, 0.15) is 75.3 Å². The summed E-state index contributed by atoms with van der Waals surface area (Å²) in [7, 11) is -3.96. The van der Waals surface area contributed by atoms with Crippen molar-refractivity contribution in [1.29, 1.82) is 0 Å². The van der Waals surface area contributed by atoms with Gasteiger partial charge in [0, 0.05) is 12.1 Å². The minimum Gasteiger partial charge on any atom is -0.508 e. The molecule has 4 fully saturated rings. The molecule has 0 spiro atoms. The van der Waals surface area contributed by atoms with Gasteiger partial charge < -0.3 is 24.5 Å². The summed E-state index contributed by atoms with van der Waals surface area (Å²) in [5.74, 6) is 3.68. The van der Waals surface area contributed by atoms with Gasteiger partial charge in [0.2, 0.25) is 0 Å². The molecule has 0 radical (unpaired) electrons. The van der Waals surface area contributed by atoms with Crippen LogP contribution in [0, 0.1) is 23.7 Å². The maximum Gasteiger partial charge on any atom is 0.179 e. The predicted octanol–water partition coefficient (Wildman–Crippen LogP) is 8.62. The standard InChI is InChI=1S/C34H50O5Si2/c1-40(2,33-15-13-27(21-33)25(19-33)7-5-23-9-11-29(35)17-31(23)37)39-41(3,4)34-16-14-28(22-34)26(20-34)8-6-24-10-12-30(36)18-32(24)38/h9-12,17-18,25-28,35-38H,5-8,13-16,19-22H2,1-4H3. The highest BCUT2D eigenvalue weighted by atomic mass is 28.4. The Labute approximate surface area is 248 Å². The van der Waals surface area contributed by atoms with Crippen molar-refractivity contribution in [3.8, 4) is 23.0 Å². The predicted molar refractivity (Wildman–Crippen MR) is 169 cm³/mol. The average Bonchev–Trinajstić information content (AvgIpc) is 3.68. The number of phenols is 4. The average molecular weight is 595 g/mol. The lowest BCUT2D eigenvalue weighted by Gasteiger charge is -2.51. The Morgan fingerprint density at radius 1 is 0.659 bits per heavy atom. The van der Waals surface area contributed by atoms with Crippen molar-refractivity contribution < 1.29 is 24.5 Å². The third-order valence-electron chi connectivity index (χ3n) is 12.7. The van der Waals surface area contributed by atoms with Crippen molar-refractivity contribution in [2.24, 2.45) is 23.7 Å². The van der Waals surface area contributed by atoms with Crippen LogP contribution in [0.4, 0.5) is 0 Å². The molecule has 4 aliphatic rings. The number of aromatic hydroxyl groups is 4. The van der Waals surface area contributed by atoms with Gasteiger partial charge in [-0.25, -0.2) is 0 Å². The van der Waals surface area contributed by atoms with Crippen LogP contribution in [-0.4, -0.2) is 37.1 Å². The van der Waals surface area contributed by atoms with Gasteiger partial charge in [-0.05, 0) is 160 Å². The molecule has 4 saturated carbocycles. The molecule has 0 amide bonds. The van der Waals surface area contributed by atoms with Crippen LogP contribution < -0.4 is 0 Å². The number of fused-ring (bicyclic) bond motifs is 4. The molecule has 0 aliphatic heterocycles. The van der Waals surface area contributed by atoms with Crippen LogP contribution >= 0.6 is 0 Å². The summed E-state index contributed by atoms with van der Waals surface area (Å²) in [6.45, 7) is 10.2. The van der Waals surface area contributed by atoms with E-state index in [-0.39, 0.29) is 23.0 Å². The van der Waals surface area contributed by atoms with Crippen LogP contribution in [0.3, 0.4) is 0 Å². The Morgan fingerprint density at radius 2 is 1.07 bits per heavy atom. The van der Waals surface area contributed by atoms with E-state index in [0.29, 0.717) is 21.9 Å². The van der Waals surface area contributed by atoms with Crippen molar-refractivity contribution in [2.75, 3.05) is 0 Å². The Kier molecular flexibility index (Phi) is 7.34. The van der Waals surface area contributed by atoms with Crippen LogP contribution in [0.25, 0.3) is 0 Å². The molecule has 0 aromatic heterocycles. The minimum absolute atomic E-state index is 0.125. The number of hydrogen-bond acceptors (Lipinski definition) is 5. The molecule has 2 aromatic rings. The third-order valence-corrected chi connectivity index (χ3v) is 23.2. The Morgan fingerprint density at radius 3 is 1.46 bits per heavy atom. The molecule has 6 atom stereocenters. The molecule has 4 bridgehead atoms. The van der Waals surface area contributed by atoms with Crippen molar-refractivity contribution in [2.45, 2.75) is 113 Å². The van der Waals surface area contributed by atoms with E-state index in [9.17, 15) is 20.4 Å². The largest absolute Gasteiger partial charge is 0.508 e. The van der Waals surface area contributed by atoms with E-state index in [1.807, 2.05) is 12.1 Å². The van der Waals surface area contributed by atoms with Gasteiger partial charge in [-0.15, -0.1) is 0 Å². The summed E-state index contributed by atoms with van der Waals surface area (Å²) in [4.78, 5) is 0. The second-order valence-electron chi connectivity index (χ2n) is 15.3. The zero-order valence-corrected chi connectivity index (χ0v) is 27.5. The van der Waals surface area contributed by atoms with E-state index >= 15 is 0 Å². The van der Waals surface area contributed by atoms with Crippen LogP contribution in [0.15, 0.2) is 36.4 Å². The highest BCUT2D eigenvalue weighted by Gasteiger charge is 2.64. The van der Waals surface area contributed by atoms with Crippen molar-refractivity contribution >= 4 is 16.6 Å². The van der Waals surface area contributed by atoms with Gasteiger partial charge >= 0.3 is 0 Å². The Balaban J connectivity index is 1.10. The molecule has 6 unspecified atom stereocenters. The van der Waals surface area contributed by atoms with Crippen molar-refractivity contribution in [1.82, 2.24) is 0 Å². The molecule has 5 nitrogen and oxygen atoms in total. The first-order valence-corrected chi connectivity index (χ1v) is 21.9. The Bertz CT molecular complexity index is 1200. The lowest BCUT2D eigenvalue weighted by molar-refractivity contribution is 0.295. The van der Waals surface area contributed by atoms with Crippen molar-refractivity contribution in [3.05, 3.63) is 47.5 Å². The fourth-order valence-corrected chi connectivity index (χ4v) is 21.5. The van der Waals surface area contributed by atoms with Crippen LogP contribution in [0.2, 0.25) is 36.3 Å². The first kappa shape index (κ1) is 29.1. The normalized spacial score (nSPS) is 32.7. The highest BCUT2D eigenvalue weighted by molar-refractivity contribution is 6.88. The third kappa shape index (κ3) is 5.14. The van der Waals surface area contributed by atoms with E-state index in [2.05, 4.69) is 26.2 Å². The number of aryl methyl sites for hydroxylation is 2. The smallest absolute Gasteiger partial charge is 0.179 e. The lowest BCUT2D eigenvalue weighted by atomic mass is 9.84. The highest BCUT2D eigenvalue weighted by Crippen LogP contribution is 2.71. The summed E-state index contributed by atoms with van der Waals surface area (Å²) < 4.78 is 7.66. The van der Waals surface area contributed by atoms with Gasteiger partial charge in [0.05, 0.1) is 0 Å². The quantitative estimate of drug-likeness (QED) is 0.207. The minimum atomic E-state index is -1.98. The first-order chi connectivity index (χ1) is 19.3. The first-order valence-electron chi connectivity index (χ1n) is 16.0. The van der Waals surface area contributed by atoms with Gasteiger partial charge in [0.1, 0.15) is 23.0 Å². The van der Waals surface area contributed by atoms with Gasteiger partial charge in [-0.3, -0.25) is 0 Å². The molecule has 0 saturated heterocycles. The SMILES string of the molecule is C[Si](C)(O[Si](C)(C)C12CCC(C1)C(CCc1ccc(O)cc1O)C2)C12CCC(C1)C(CCc1ccc(O)cc1O)C2. The monoisotopic (exact) mass is 594 g/mol. The molecule has 4 N–H and O–H groups in total. The van der Waals surface area contributed by atoms with Crippen molar-refractivity contribution in [3.63, 3.8) is 0 Å². The molecule has 6 rings (SSSR count). The van der Waals surface area contributed by atoms with Gasteiger partial charge in [0.25, 0.3) is 0 Å². The zero-order chi connectivity index (χ0) is 29.2. The van der Waals surface area contributed by atoms with Gasteiger partial charge in [0.15, 0.2) is 16.6 Å². The van der Waals surface area contributed by atoms with E-state index in [1.165, 1.54) is 63.5 Å². The summed E-state index contributed by atoms with van der Waals surface area (Å²) in [5, 5.41) is 40.7. The summed E-state index contributed by atoms with van der Waals surface area (Å²) in [6.07, 6.45) is 14.5. The second-order valence-corrected chi connectivity index (χ2v) is 24.3. The molecule has 224 valence electrons. The molecular formula is C34H50O5Si2. The number of hydrogen-bond donors (Lipinski definition) is 4. The van der Waals surface area contributed by atoms with E-state index in [4.69, 9.17) is 4.12 Å². The van der Waals surface area contributed by atoms with E-state index in [1.54, 1.807) is 12.1 Å². The molecule has 7 heteroatoms. The summed E-state index contributed by atoms with van der Waals surface area (Å²) in [6, 6.07) is 10.1. The van der Waals surface area contributed by atoms with E-state index < -0.39 is 16.6 Å². The van der Waals surface area contributed by atoms with Gasteiger partial charge in [-0.2, -0.15) is 0 Å². The van der Waals surface area contributed by atoms with E-state index in [0.717, 1.165) is 48.6 Å².